The van der Waals surface area contributed by atoms with Crippen molar-refractivity contribution in [3.63, 3.8) is 0 Å². The Kier molecular flexibility index (Phi) is 4.92. The minimum atomic E-state index is -0.473. The van der Waals surface area contributed by atoms with Crippen LogP contribution in [0.1, 0.15) is 20.8 Å². The number of amides is 1. The van der Waals surface area contributed by atoms with Gasteiger partial charge in [-0.3, -0.25) is 4.79 Å². The fourth-order valence-corrected chi connectivity index (χ4v) is 0.773. The Balaban J connectivity index is 3.84. The third kappa shape index (κ3) is 5.26. The van der Waals surface area contributed by atoms with E-state index in [0.29, 0.717) is 12.6 Å². The Hall–Kier alpha value is -0.0900. The van der Waals surface area contributed by atoms with Gasteiger partial charge in [-0.15, -0.1) is 0 Å². The van der Waals surface area contributed by atoms with Crippen LogP contribution in [0.2, 0.25) is 0 Å². The molecule has 0 rings (SSSR count). The van der Waals surface area contributed by atoms with Crippen molar-refractivity contribution in [1.82, 2.24) is 10.2 Å². The molecule has 1 N–H and O–H groups in total. The highest BCUT2D eigenvalue weighted by Crippen LogP contribution is 2.15. The molecule has 1 unspecified atom stereocenters. The fraction of sp³-hybridized carbons (Fsp3) is 0.889. The molecule has 0 aliphatic rings. The molecule has 0 aliphatic carbocycles. The lowest BCUT2D eigenvalue weighted by atomic mass is 10.2. The molecule has 0 radical (unpaired) electrons. The maximum Gasteiger partial charge on any atom is 0.236 e. The Bertz CT molecular complexity index is 175. The van der Waals surface area contributed by atoms with Gasteiger partial charge in [0.25, 0.3) is 0 Å². The molecule has 0 saturated carbocycles. The third-order valence-electron chi connectivity index (χ3n) is 1.98. The lowest BCUT2D eigenvalue weighted by Gasteiger charge is -2.22. The van der Waals surface area contributed by atoms with Crippen molar-refractivity contribution in [2.45, 2.75) is 31.1 Å². The van der Waals surface area contributed by atoms with Crippen LogP contribution in [0.15, 0.2) is 0 Å². The number of nitrogens with zero attached hydrogens (tertiary/aromatic N) is 1. The monoisotopic (exact) mass is 250 g/mol. The fourth-order valence-electron chi connectivity index (χ4n) is 0.633. The van der Waals surface area contributed by atoms with Crippen LogP contribution in [0.3, 0.4) is 0 Å². The van der Waals surface area contributed by atoms with Gasteiger partial charge in [0.1, 0.15) is 0 Å². The van der Waals surface area contributed by atoms with Gasteiger partial charge in [-0.2, -0.15) is 0 Å². The second-order valence-corrected chi connectivity index (χ2v) is 5.98. The molecule has 0 bridgehead atoms. The van der Waals surface area contributed by atoms with Gasteiger partial charge in [0, 0.05) is 12.6 Å². The van der Waals surface area contributed by atoms with Crippen LogP contribution in [0.4, 0.5) is 0 Å². The van der Waals surface area contributed by atoms with Crippen LogP contribution in [0, 0.1) is 0 Å². The van der Waals surface area contributed by atoms with E-state index in [2.05, 4.69) is 33.1 Å². The van der Waals surface area contributed by atoms with Crippen LogP contribution in [0.5, 0.6) is 0 Å². The lowest BCUT2D eigenvalue weighted by molar-refractivity contribution is -0.122. The molecule has 0 aliphatic heterocycles. The lowest BCUT2D eigenvalue weighted by Crippen LogP contribution is -2.44. The van der Waals surface area contributed by atoms with Gasteiger partial charge in [-0.1, -0.05) is 15.9 Å². The Morgan fingerprint density at radius 3 is 2.31 bits per heavy atom. The molecule has 0 fully saturated rings. The Labute approximate surface area is 89.0 Å². The highest BCUT2D eigenvalue weighted by atomic mass is 79.9. The first-order chi connectivity index (χ1) is 5.75. The first-order valence-electron chi connectivity index (χ1n) is 4.38. The van der Waals surface area contributed by atoms with Crippen molar-refractivity contribution < 1.29 is 4.79 Å². The second kappa shape index (κ2) is 4.96. The van der Waals surface area contributed by atoms with Crippen LogP contribution >= 0.6 is 15.9 Å². The first kappa shape index (κ1) is 12.9. The molecule has 78 valence electrons. The molecular formula is C9H19BrN2O. The second-order valence-electron chi connectivity index (χ2n) is 4.00. The van der Waals surface area contributed by atoms with Crippen molar-refractivity contribution in [2.75, 3.05) is 20.6 Å². The molecule has 0 spiro atoms. The molecule has 13 heavy (non-hydrogen) atoms. The van der Waals surface area contributed by atoms with Gasteiger partial charge < -0.3 is 10.2 Å². The summed E-state index contributed by atoms with van der Waals surface area (Å²) in [7, 11) is 3.99. The molecule has 3 nitrogen and oxygen atoms in total. The third-order valence-corrected chi connectivity index (χ3v) is 2.34. The average Bonchev–Trinajstić information content (AvgIpc) is 1.97. The molecule has 0 heterocycles. The van der Waals surface area contributed by atoms with Gasteiger partial charge in [0.2, 0.25) is 5.91 Å². The van der Waals surface area contributed by atoms with E-state index in [9.17, 15) is 4.79 Å². The highest BCUT2D eigenvalue weighted by Gasteiger charge is 2.23. The average molecular weight is 251 g/mol. The van der Waals surface area contributed by atoms with E-state index in [0.717, 1.165) is 0 Å². The van der Waals surface area contributed by atoms with Crippen molar-refractivity contribution in [3.8, 4) is 0 Å². The molecular weight excluding hydrogens is 232 g/mol. The van der Waals surface area contributed by atoms with Gasteiger partial charge in [-0.05, 0) is 34.9 Å². The maximum absolute atomic E-state index is 11.4. The zero-order valence-electron chi connectivity index (χ0n) is 9.02. The van der Waals surface area contributed by atoms with Gasteiger partial charge in [0.15, 0.2) is 0 Å². The van der Waals surface area contributed by atoms with Crippen LogP contribution in [0.25, 0.3) is 0 Å². The van der Waals surface area contributed by atoms with Gasteiger partial charge >= 0.3 is 0 Å². The van der Waals surface area contributed by atoms with E-state index in [-0.39, 0.29) is 5.91 Å². The normalized spacial score (nSPS) is 14.4. The van der Waals surface area contributed by atoms with Crippen molar-refractivity contribution >= 4 is 21.8 Å². The smallest absolute Gasteiger partial charge is 0.236 e. The summed E-state index contributed by atoms with van der Waals surface area (Å²) < 4.78 is -0.473. The number of rotatable bonds is 4. The highest BCUT2D eigenvalue weighted by molar-refractivity contribution is 9.10. The van der Waals surface area contributed by atoms with E-state index in [1.54, 1.807) is 0 Å². The predicted octanol–water partition coefficient (Wildman–Crippen LogP) is 1.23. The van der Waals surface area contributed by atoms with E-state index in [1.807, 2.05) is 27.9 Å². The van der Waals surface area contributed by atoms with E-state index in [1.165, 1.54) is 0 Å². The van der Waals surface area contributed by atoms with Crippen LogP contribution in [-0.2, 0) is 4.79 Å². The summed E-state index contributed by atoms with van der Waals surface area (Å²) in [6.45, 7) is 6.42. The number of alkyl halides is 1. The summed E-state index contributed by atoms with van der Waals surface area (Å²) in [5.41, 5.74) is 0. The molecule has 1 atom stereocenters. The predicted molar refractivity (Wildman–Crippen MR) is 59.2 cm³/mol. The van der Waals surface area contributed by atoms with Crippen LogP contribution in [-0.4, -0.2) is 41.8 Å². The topological polar surface area (TPSA) is 32.3 Å². The summed E-state index contributed by atoms with van der Waals surface area (Å²) in [6.07, 6.45) is 0. The van der Waals surface area contributed by atoms with Crippen molar-refractivity contribution in [2.24, 2.45) is 0 Å². The van der Waals surface area contributed by atoms with Gasteiger partial charge in [0.05, 0.1) is 4.32 Å². The minimum Gasteiger partial charge on any atom is -0.353 e. The molecule has 0 aromatic heterocycles. The summed E-state index contributed by atoms with van der Waals surface area (Å²) in [5, 5.41) is 2.88. The standard InChI is InChI=1S/C9H19BrN2O/c1-7(12(4)5)6-11-8(13)9(2,3)10/h7H,6H2,1-5H3,(H,11,13). The van der Waals surface area contributed by atoms with E-state index < -0.39 is 4.32 Å². The SMILES string of the molecule is CC(CNC(=O)C(C)(C)Br)N(C)C. The largest absolute Gasteiger partial charge is 0.353 e. The Morgan fingerprint density at radius 2 is 2.00 bits per heavy atom. The summed E-state index contributed by atoms with van der Waals surface area (Å²) in [5.74, 6) is 0.0289. The van der Waals surface area contributed by atoms with E-state index >= 15 is 0 Å². The van der Waals surface area contributed by atoms with E-state index in [4.69, 9.17) is 0 Å². The molecule has 1 amide bonds. The summed E-state index contributed by atoms with van der Waals surface area (Å²) >= 11 is 3.31. The molecule has 0 saturated heterocycles. The number of nitrogens with one attached hydrogen (secondary N) is 1. The molecule has 4 heteroatoms. The maximum atomic E-state index is 11.4. The zero-order chi connectivity index (χ0) is 10.6. The molecule has 0 aromatic rings. The first-order valence-corrected chi connectivity index (χ1v) is 5.18. The van der Waals surface area contributed by atoms with Crippen molar-refractivity contribution in [1.29, 1.82) is 0 Å². The summed E-state index contributed by atoms with van der Waals surface area (Å²) in [4.78, 5) is 13.5. The number of hydrogen-bond donors (Lipinski definition) is 1. The van der Waals surface area contributed by atoms with Gasteiger partial charge in [-0.25, -0.2) is 0 Å². The zero-order valence-corrected chi connectivity index (χ0v) is 10.6. The van der Waals surface area contributed by atoms with Crippen molar-refractivity contribution in [3.05, 3.63) is 0 Å². The quantitative estimate of drug-likeness (QED) is 0.762. The number of likely N-dealkylation sites (N-methyl/N-ethyl adjacent to an activating group) is 1. The minimum absolute atomic E-state index is 0.0289. The molecule has 0 aromatic carbocycles. The van der Waals surface area contributed by atoms with Crippen LogP contribution < -0.4 is 5.32 Å². The number of halogens is 1. The number of hydrogen-bond acceptors (Lipinski definition) is 2. The number of carbonyl (C=O) groups excluding carboxylic acids is 1. The Morgan fingerprint density at radius 1 is 1.54 bits per heavy atom. The number of carbonyl (C=O) groups is 1. The summed E-state index contributed by atoms with van der Waals surface area (Å²) in [6, 6.07) is 0.360.